The Morgan fingerprint density at radius 1 is 1.11 bits per heavy atom. The summed E-state index contributed by atoms with van der Waals surface area (Å²) in [5.74, 6) is 0.251. The first kappa shape index (κ1) is 26.1. The van der Waals surface area contributed by atoms with Crippen LogP contribution in [-0.4, -0.2) is 72.3 Å². The maximum Gasteiger partial charge on any atom is 0.407 e. The van der Waals surface area contributed by atoms with Gasteiger partial charge in [0.1, 0.15) is 5.60 Å². The third-order valence-electron chi connectivity index (χ3n) is 6.42. The first-order chi connectivity index (χ1) is 17.0. The first-order valence-corrected chi connectivity index (χ1v) is 12.4. The van der Waals surface area contributed by atoms with Crippen molar-refractivity contribution in [3.8, 4) is 0 Å². The number of piperidine rings is 1. The zero-order valence-corrected chi connectivity index (χ0v) is 21.3. The highest BCUT2D eigenvalue weighted by atomic mass is 19.3. The van der Waals surface area contributed by atoms with Gasteiger partial charge >= 0.3 is 6.09 Å². The molecule has 2 saturated heterocycles. The number of hydrogen-bond donors (Lipinski definition) is 2. The Morgan fingerprint density at radius 3 is 2.56 bits per heavy atom. The number of likely N-dealkylation sites (tertiary alicyclic amines) is 1. The fraction of sp³-hybridized carbons (Fsp3) is 0.577. The molecule has 4 rings (SSSR count). The molecular weight excluding hydrogens is 468 g/mol. The first-order valence-electron chi connectivity index (χ1n) is 12.4. The third kappa shape index (κ3) is 6.40. The Balaban J connectivity index is 1.32. The fourth-order valence-corrected chi connectivity index (χ4v) is 5.03. The van der Waals surface area contributed by atoms with Crippen LogP contribution in [0.4, 0.5) is 19.3 Å². The maximum absolute atomic E-state index is 13.5. The van der Waals surface area contributed by atoms with Crippen molar-refractivity contribution in [2.24, 2.45) is 5.92 Å². The minimum absolute atomic E-state index is 0.0315. The molecule has 2 amide bonds. The number of aromatic nitrogens is 1. The van der Waals surface area contributed by atoms with Gasteiger partial charge in [-0.1, -0.05) is 6.92 Å². The van der Waals surface area contributed by atoms with Gasteiger partial charge in [-0.2, -0.15) is 0 Å². The largest absolute Gasteiger partial charge is 0.444 e. The van der Waals surface area contributed by atoms with E-state index in [1.165, 1.54) is 12.3 Å². The van der Waals surface area contributed by atoms with Gasteiger partial charge < -0.3 is 20.3 Å². The van der Waals surface area contributed by atoms with Crippen LogP contribution in [0.3, 0.4) is 0 Å². The summed E-state index contributed by atoms with van der Waals surface area (Å²) >= 11 is 0. The Labute approximate surface area is 210 Å². The summed E-state index contributed by atoms with van der Waals surface area (Å²) < 4.78 is 32.3. The van der Waals surface area contributed by atoms with Gasteiger partial charge in [0.05, 0.1) is 18.1 Å². The van der Waals surface area contributed by atoms with E-state index in [-0.39, 0.29) is 30.1 Å². The zero-order valence-electron chi connectivity index (χ0n) is 21.3. The van der Waals surface area contributed by atoms with E-state index in [2.05, 4.69) is 27.4 Å². The van der Waals surface area contributed by atoms with E-state index in [1.54, 1.807) is 12.1 Å². The van der Waals surface area contributed by atoms with Crippen LogP contribution in [-0.2, 0) is 9.53 Å². The molecule has 2 aromatic rings. The van der Waals surface area contributed by atoms with Crippen molar-refractivity contribution in [1.82, 2.24) is 20.5 Å². The molecule has 1 aromatic heterocycles. The number of hydrogen-bond acceptors (Lipinski definition) is 6. The molecule has 196 valence electrons. The summed E-state index contributed by atoms with van der Waals surface area (Å²) in [4.78, 5) is 33.0. The normalized spacial score (nSPS) is 21.4. The second kappa shape index (κ2) is 10.5. The number of nitrogens with one attached hydrogen (secondary N) is 2. The van der Waals surface area contributed by atoms with Gasteiger partial charge in [-0.05, 0) is 57.4 Å². The van der Waals surface area contributed by atoms with Crippen molar-refractivity contribution in [3.63, 3.8) is 0 Å². The number of benzene rings is 1. The molecule has 2 aliphatic heterocycles. The van der Waals surface area contributed by atoms with E-state index in [4.69, 9.17) is 4.74 Å². The van der Waals surface area contributed by atoms with Crippen LogP contribution in [0, 0.1) is 5.92 Å². The van der Waals surface area contributed by atoms with Crippen molar-refractivity contribution >= 4 is 28.6 Å². The predicted molar refractivity (Wildman–Crippen MR) is 134 cm³/mol. The van der Waals surface area contributed by atoms with Gasteiger partial charge in [-0.15, -0.1) is 0 Å². The lowest BCUT2D eigenvalue weighted by molar-refractivity contribution is -0.124. The summed E-state index contributed by atoms with van der Waals surface area (Å²) in [6, 6.07) is 6.68. The highest BCUT2D eigenvalue weighted by molar-refractivity contribution is 5.94. The van der Waals surface area contributed by atoms with Gasteiger partial charge in [0.2, 0.25) is 5.91 Å². The molecular formula is C26H35F2N5O3. The SMILES string of the molecule is C[C@H]1C[C@@H](NC(=O)CN2CC(NC(=O)OC(C)(C)C)C2)CN(c2ccc(C(F)F)c3ncccc23)C1. The van der Waals surface area contributed by atoms with Crippen molar-refractivity contribution in [3.05, 3.63) is 36.0 Å². The molecule has 2 atom stereocenters. The van der Waals surface area contributed by atoms with Crippen molar-refractivity contribution in [1.29, 1.82) is 0 Å². The smallest absolute Gasteiger partial charge is 0.407 e. The highest BCUT2D eigenvalue weighted by Crippen LogP contribution is 2.34. The number of halogens is 2. The Kier molecular flexibility index (Phi) is 7.63. The number of ether oxygens (including phenoxy) is 1. The summed E-state index contributed by atoms with van der Waals surface area (Å²) in [7, 11) is 0. The summed E-state index contributed by atoms with van der Waals surface area (Å²) in [5.41, 5.74) is 0.549. The number of alkyl carbamates (subject to hydrolysis) is 1. The van der Waals surface area contributed by atoms with Gasteiger partial charge in [-0.3, -0.25) is 14.7 Å². The molecule has 0 unspecified atom stereocenters. The van der Waals surface area contributed by atoms with Gasteiger partial charge in [0.25, 0.3) is 6.43 Å². The van der Waals surface area contributed by atoms with Crippen LogP contribution in [0.15, 0.2) is 30.5 Å². The van der Waals surface area contributed by atoms with Gasteiger partial charge in [0, 0.05) is 55.1 Å². The van der Waals surface area contributed by atoms with Crippen LogP contribution < -0.4 is 15.5 Å². The molecule has 2 fully saturated rings. The number of pyridine rings is 1. The lowest BCUT2D eigenvalue weighted by Crippen LogP contribution is -2.62. The average molecular weight is 504 g/mol. The predicted octanol–water partition coefficient (Wildman–Crippen LogP) is 3.71. The van der Waals surface area contributed by atoms with E-state index in [9.17, 15) is 18.4 Å². The van der Waals surface area contributed by atoms with Crippen molar-refractivity contribution in [2.45, 2.75) is 58.2 Å². The molecule has 10 heteroatoms. The fourth-order valence-electron chi connectivity index (χ4n) is 5.03. The monoisotopic (exact) mass is 503 g/mol. The van der Waals surface area contributed by atoms with Crippen LogP contribution in [0.5, 0.6) is 0 Å². The number of fused-ring (bicyclic) bond motifs is 1. The molecule has 2 N–H and O–H groups in total. The summed E-state index contributed by atoms with van der Waals surface area (Å²) in [6.07, 6.45) is -0.666. The lowest BCUT2D eigenvalue weighted by atomic mass is 9.94. The zero-order chi connectivity index (χ0) is 26.0. The van der Waals surface area contributed by atoms with Gasteiger partial charge in [-0.25, -0.2) is 13.6 Å². The van der Waals surface area contributed by atoms with E-state index in [0.29, 0.717) is 36.5 Å². The van der Waals surface area contributed by atoms with Crippen molar-refractivity contribution < 1.29 is 23.1 Å². The molecule has 0 bridgehead atoms. The third-order valence-corrected chi connectivity index (χ3v) is 6.42. The van der Waals surface area contributed by atoms with Crippen LogP contribution in [0.2, 0.25) is 0 Å². The number of nitrogens with zero attached hydrogens (tertiary/aromatic N) is 3. The van der Waals surface area contributed by atoms with E-state index >= 15 is 0 Å². The molecule has 1 aromatic carbocycles. The minimum Gasteiger partial charge on any atom is -0.444 e. The Hall–Kier alpha value is -3.01. The molecule has 0 radical (unpaired) electrons. The molecule has 36 heavy (non-hydrogen) atoms. The van der Waals surface area contributed by atoms with E-state index in [1.807, 2.05) is 31.7 Å². The lowest BCUT2D eigenvalue weighted by Gasteiger charge is -2.41. The quantitative estimate of drug-likeness (QED) is 0.625. The van der Waals surface area contributed by atoms with Crippen LogP contribution >= 0.6 is 0 Å². The average Bonchev–Trinajstić information content (AvgIpc) is 2.75. The van der Waals surface area contributed by atoms with Crippen LogP contribution in [0.25, 0.3) is 10.9 Å². The highest BCUT2D eigenvalue weighted by Gasteiger charge is 2.32. The maximum atomic E-state index is 13.5. The summed E-state index contributed by atoms with van der Waals surface area (Å²) in [5, 5.41) is 6.66. The molecule has 0 spiro atoms. The van der Waals surface area contributed by atoms with E-state index < -0.39 is 18.1 Å². The molecule has 2 aliphatic rings. The van der Waals surface area contributed by atoms with Crippen molar-refractivity contribution in [2.75, 3.05) is 37.6 Å². The Bertz CT molecular complexity index is 1100. The van der Waals surface area contributed by atoms with Gasteiger partial charge in [0.15, 0.2) is 0 Å². The Morgan fingerprint density at radius 2 is 1.86 bits per heavy atom. The number of carbonyl (C=O) groups excluding carboxylic acids is 2. The number of anilines is 1. The number of rotatable bonds is 6. The number of carbonyl (C=O) groups is 2. The number of alkyl halides is 2. The second-order valence-corrected chi connectivity index (χ2v) is 10.9. The molecule has 0 saturated carbocycles. The number of amides is 2. The molecule has 8 nitrogen and oxygen atoms in total. The van der Waals surface area contributed by atoms with Crippen LogP contribution in [0.1, 0.15) is 46.1 Å². The standard InChI is InChI=1S/C26H35F2N5O3/c1-16-10-17(30-22(34)15-32-12-18(13-32)31-25(35)36-26(2,3)4)14-33(11-16)21-8-7-20(24(27)28)23-19(21)6-5-9-29-23/h5-9,16-18,24H,10-15H2,1-4H3,(H,30,34)(H,31,35)/t16-,17+/m0/s1. The molecule has 0 aliphatic carbocycles. The minimum atomic E-state index is -2.59. The second-order valence-electron chi connectivity index (χ2n) is 10.9. The van der Waals surface area contributed by atoms with E-state index in [0.717, 1.165) is 18.7 Å². The molecule has 3 heterocycles. The topological polar surface area (TPSA) is 86.8 Å². The summed E-state index contributed by atoms with van der Waals surface area (Å²) in [6.45, 7) is 10.4.